The van der Waals surface area contributed by atoms with Crippen LogP contribution in [-0.2, 0) is 10.0 Å². The summed E-state index contributed by atoms with van der Waals surface area (Å²) in [6.45, 7) is 1.88. The lowest BCUT2D eigenvalue weighted by Crippen LogP contribution is -2.20. The summed E-state index contributed by atoms with van der Waals surface area (Å²) in [4.78, 5) is 0. The molecule has 0 radical (unpaired) electrons. The average molecular weight is 273 g/mol. The van der Waals surface area contributed by atoms with E-state index in [1.165, 1.54) is 6.07 Å². The summed E-state index contributed by atoms with van der Waals surface area (Å²) < 4.78 is 38.7. The normalized spacial score (nSPS) is 11.2. The SMILES string of the molecule is CCCCS(=O)(=O)Nc1ccc(F)cc1C(=N)N. The van der Waals surface area contributed by atoms with E-state index in [1.54, 1.807) is 0 Å². The van der Waals surface area contributed by atoms with Gasteiger partial charge in [-0.05, 0) is 24.6 Å². The van der Waals surface area contributed by atoms with E-state index in [0.29, 0.717) is 6.42 Å². The van der Waals surface area contributed by atoms with Crippen LogP contribution in [0.15, 0.2) is 18.2 Å². The molecular formula is C11H16FN3O2S. The Balaban J connectivity index is 3.01. The van der Waals surface area contributed by atoms with Gasteiger partial charge in [0.25, 0.3) is 0 Å². The minimum atomic E-state index is -3.49. The molecule has 0 unspecified atom stereocenters. The van der Waals surface area contributed by atoms with Crippen molar-refractivity contribution in [1.82, 2.24) is 0 Å². The molecule has 100 valence electrons. The fourth-order valence-corrected chi connectivity index (χ4v) is 2.67. The predicted molar refractivity (Wildman–Crippen MR) is 69.7 cm³/mol. The van der Waals surface area contributed by atoms with E-state index in [-0.39, 0.29) is 22.8 Å². The zero-order chi connectivity index (χ0) is 13.8. The van der Waals surface area contributed by atoms with Gasteiger partial charge >= 0.3 is 0 Å². The molecule has 7 heteroatoms. The molecule has 5 nitrogen and oxygen atoms in total. The number of nitrogens with two attached hydrogens (primary N) is 1. The zero-order valence-electron chi connectivity index (χ0n) is 10.0. The van der Waals surface area contributed by atoms with Crippen molar-refractivity contribution in [3.63, 3.8) is 0 Å². The average Bonchev–Trinajstić information content (AvgIpc) is 2.28. The molecule has 0 aliphatic rings. The lowest BCUT2D eigenvalue weighted by Gasteiger charge is -2.11. The van der Waals surface area contributed by atoms with E-state index in [1.807, 2.05) is 6.92 Å². The van der Waals surface area contributed by atoms with Crippen LogP contribution in [0.25, 0.3) is 0 Å². The van der Waals surface area contributed by atoms with Crippen LogP contribution in [0.2, 0.25) is 0 Å². The fraction of sp³-hybridized carbons (Fsp3) is 0.364. The Hall–Kier alpha value is -1.63. The molecule has 0 saturated carbocycles. The number of rotatable bonds is 6. The number of amidine groups is 1. The molecule has 0 aliphatic carbocycles. The Morgan fingerprint density at radius 2 is 2.17 bits per heavy atom. The largest absolute Gasteiger partial charge is 0.384 e. The predicted octanol–water partition coefficient (Wildman–Crippen LogP) is 1.65. The summed E-state index contributed by atoms with van der Waals surface area (Å²) in [7, 11) is -3.49. The van der Waals surface area contributed by atoms with Gasteiger partial charge in [-0.3, -0.25) is 10.1 Å². The topological polar surface area (TPSA) is 96.0 Å². The summed E-state index contributed by atoms with van der Waals surface area (Å²) in [5.74, 6) is -0.975. The van der Waals surface area contributed by atoms with Gasteiger partial charge in [-0.1, -0.05) is 13.3 Å². The molecule has 0 atom stereocenters. The molecule has 0 saturated heterocycles. The van der Waals surface area contributed by atoms with Crippen LogP contribution >= 0.6 is 0 Å². The minimum absolute atomic E-state index is 0.0157. The minimum Gasteiger partial charge on any atom is -0.384 e. The van der Waals surface area contributed by atoms with Crippen molar-refractivity contribution < 1.29 is 12.8 Å². The molecule has 0 fully saturated rings. The third kappa shape index (κ3) is 3.99. The van der Waals surface area contributed by atoms with E-state index in [4.69, 9.17) is 11.1 Å². The van der Waals surface area contributed by atoms with Crippen LogP contribution in [0.4, 0.5) is 10.1 Å². The van der Waals surface area contributed by atoms with Crippen molar-refractivity contribution >= 4 is 21.5 Å². The summed E-state index contributed by atoms with van der Waals surface area (Å²) >= 11 is 0. The number of hydrogen-bond acceptors (Lipinski definition) is 3. The molecule has 1 aromatic carbocycles. The molecule has 0 amide bonds. The number of halogens is 1. The van der Waals surface area contributed by atoms with Crippen LogP contribution < -0.4 is 10.5 Å². The smallest absolute Gasteiger partial charge is 0.232 e. The molecule has 4 N–H and O–H groups in total. The third-order valence-electron chi connectivity index (χ3n) is 2.30. The molecule has 1 aromatic rings. The number of anilines is 1. The van der Waals surface area contributed by atoms with Crippen LogP contribution in [0.3, 0.4) is 0 Å². The highest BCUT2D eigenvalue weighted by molar-refractivity contribution is 7.92. The van der Waals surface area contributed by atoms with E-state index in [2.05, 4.69) is 4.72 Å². The Kier molecular flexibility index (Phi) is 4.66. The fourth-order valence-electron chi connectivity index (χ4n) is 1.38. The standard InChI is InChI=1S/C11H16FN3O2S/c1-2-3-6-18(16,17)15-10-5-4-8(12)7-9(10)11(13)14/h4-5,7,15H,2-3,6H2,1H3,(H3,13,14). The van der Waals surface area contributed by atoms with Gasteiger partial charge in [-0.25, -0.2) is 12.8 Å². The van der Waals surface area contributed by atoms with Crippen molar-refractivity contribution in [2.75, 3.05) is 10.5 Å². The molecule has 0 spiro atoms. The highest BCUT2D eigenvalue weighted by Gasteiger charge is 2.14. The molecular weight excluding hydrogens is 257 g/mol. The highest BCUT2D eigenvalue weighted by Crippen LogP contribution is 2.18. The van der Waals surface area contributed by atoms with Gasteiger partial charge in [0.15, 0.2) is 0 Å². The van der Waals surface area contributed by atoms with E-state index < -0.39 is 15.8 Å². The van der Waals surface area contributed by atoms with Crippen molar-refractivity contribution in [3.8, 4) is 0 Å². The first-order valence-corrected chi connectivity index (χ1v) is 7.15. The van der Waals surface area contributed by atoms with Crippen LogP contribution in [0, 0.1) is 11.2 Å². The summed E-state index contributed by atoms with van der Waals surface area (Å²) in [6.07, 6.45) is 1.29. The summed E-state index contributed by atoms with van der Waals surface area (Å²) in [6, 6.07) is 3.40. The Morgan fingerprint density at radius 1 is 1.50 bits per heavy atom. The number of nitrogen functional groups attached to an aromatic ring is 1. The first kappa shape index (κ1) is 14.4. The van der Waals surface area contributed by atoms with Gasteiger partial charge in [0, 0.05) is 5.56 Å². The van der Waals surface area contributed by atoms with Gasteiger partial charge in [-0.2, -0.15) is 0 Å². The number of nitrogens with one attached hydrogen (secondary N) is 2. The Bertz CT molecular complexity index is 543. The highest BCUT2D eigenvalue weighted by atomic mass is 32.2. The first-order valence-electron chi connectivity index (χ1n) is 5.50. The van der Waals surface area contributed by atoms with Crippen molar-refractivity contribution in [2.45, 2.75) is 19.8 Å². The van der Waals surface area contributed by atoms with Crippen LogP contribution in [-0.4, -0.2) is 20.0 Å². The maximum atomic E-state index is 13.0. The van der Waals surface area contributed by atoms with Gasteiger partial charge in [0.05, 0.1) is 11.4 Å². The van der Waals surface area contributed by atoms with Crippen molar-refractivity contribution in [2.24, 2.45) is 5.73 Å². The van der Waals surface area contributed by atoms with Gasteiger partial charge in [0.1, 0.15) is 11.7 Å². The third-order valence-corrected chi connectivity index (χ3v) is 3.66. The molecule has 0 aromatic heterocycles. The monoisotopic (exact) mass is 273 g/mol. The van der Waals surface area contributed by atoms with Gasteiger partial charge in [0.2, 0.25) is 10.0 Å². The van der Waals surface area contributed by atoms with Crippen molar-refractivity contribution in [1.29, 1.82) is 5.41 Å². The Morgan fingerprint density at radius 3 is 2.72 bits per heavy atom. The van der Waals surface area contributed by atoms with Gasteiger partial charge in [-0.15, -0.1) is 0 Å². The maximum absolute atomic E-state index is 13.0. The lowest BCUT2D eigenvalue weighted by atomic mass is 10.1. The van der Waals surface area contributed by atoms with E-state index >= 15 is 0 Å². The van der Waals surface area contributed by atoms with E-state index in [9.17, 15) is 12.8 Å². The lowest BCUT2D eigenvalue weighted by molar-refractivity contribution is 0.597. The zero-order valence-corrected chi connectivity index (χ0v) is 10.8. The number of benzene rings is 1. The summed E-state index contributed by atoms with van der Waals surface area (Å²) in [5, 5.41) is 7.30. The van der Waals surface area contributed by atoms with Crippen molar-refractivity contribution in [3.05, 3.63) is 29.6 Å². The number of sulfonamides is 1. The second-order valence-corrected chi connectivity index (χ2v) is 5.72. The second-order valence-electron chi connectivity index (χ2n) is 3.88. The van der Waals surface area contributed by atoms with Gasteiger partial charge < -0.3 is 5.73 Å². The Labute approximate surface area is 106 Å². The molecule has 18 heavy (non-hydrogen) atoms. The number of unbranched alkanes of at least 4 members (excludes halogenated alkanes) is 1. The first-order chi connectivity index (χ1) is 8.35. The van der Waals surface area contributed by atoms with Crippen LogP contribution in [0.5, 0.6) is 0 Å². The van der Waals surface area contributed by atoms with E-state index in [0.717, 1.165) is 18.6 Å². The molecule has 1 rings (SSSR count). The summed E-state index contributed by atoms with van der Waals surface area (Å²) in [5.41, 5.74) is 5.45. The molecule has 0 heterocycles. The quantitative estimate of drug-likeness (QED) is 0.543. The van der Waals surface area contributed by atoms with Crippen LogP contribution in [0.1, 0.15) is 25.3 Å². The maximum Gasteiger partial charge on any atom is 0.232 e. The number of hydrogen-bond donors (Lipinski definition) is 3. The molecule has 0 bridgehead atoms. The second kappa shape index (κ2) is 5.81. The molecule has 0 aliphatic heterocycles.